The van der Waals surface area contributed by atoms with E-state index in [1.165, 1.54) is 24.1 Å². The maximum Gasteiger partial charge on any atom is 0.253 e. The molecule has 0 aromatic heterocycles. The second-order valence-electron chi connectivity index (χ2n) is 7.05. The Bertz CT molecular complexity index is 985. The minimum absolute atomic E-state index is 0.0781. The van der Waals surface area contributed by atoms with Gasteiger partial charge in [0.15, 0.2) is 11.5 Å². The van der Waals surface area contributed by atoms with Crippen molar-refractivity contribution in [1.82, 2.24) is 4.90 Å². The standard InChI is InChI=1S/C23H25FN2O4/c1-5-26-13-18(17(11-22(26)27)15-6-8-16(24)9-7-15)23(28)25-19-12-21(30-4)20(29-3)10-14(19)2/h6-10,12-13,17H,5,11H2,1-4H3,(H,25,28). The highest BCUT2D eigenvalue weighted by molar-refractivity contribution is 6.06. The van der Waals surface area contributed by atoms with Crippen LogP contribution < -0.4 is 14.8 Å². The molecule has 3 rings (SSSR count). The average Bonchev–Trinajstić information content (AvgIpc) is 2.75. The molecule has 0 radical (unpaired) electrons. The van der Waals surface area contributed by atoms with Crippen molar-refractivity contribution < 1.29 is 23.5 Å². The molecule has 30 heavy (non-hydrogen) atoms. The number of anilines is 1. The minimum atomic E-state index is -0.457. The Morgan fingerprint density at radius 1 is 1.17 bits per heavy atom. The molecule has 6 nitrogen and oxygen atoms in total. The van der Waals surface area contributed by atoms with Gasteiger partial charge >= 0.3 is 0 Å². The van der Waals surface area contributed by atoms with E-state index >= 15 is 0 Å². The van der Waals surface area contributed by atoms with Gasteiger partial charge in [-0.05, 0) is 43.2 Å². The van der Waals surface area contributed by atoms with Crippen LogP contribution in [-0.4, -0.2) is 37.5 Å². The van der Waals surface area contributed by atoms with Gasteiger partial charge in [0.05, 0.1) is 14.2 Å². The van der Waals surface area contributed by atoms with Gasteiger partial charge in [0.2, 0.25) is 5.91 Å². The molecule has 7 heteroatoms. The number of hydrogen-bond donors (Lipinski definition) is 1. The number of benzene rings is 2. The SMILES string of the molecule is CCN1C=C(C(=O)Nc2cc(OC)c(OC)cc2C)C(c2ccc(F)cc2)CC1=O. The third kappa shape index (κ3) is 4.30. The van der Waals surface area contributed by atoms with Crippen molar-refractivity contribution in [3.05, 3.63) is 65.1 Å². The van der Waals surface area contributed by atoms with Gasteiger partial charge in [-0.2, -0.15) is 0 Å². The van der Waals surface area contributed by atoms with Gasteiger partial charge in [-0.25, -0.2) is 4.39 Å². The van der Waals surface area contributed by atoms with Gasteiger partial charge in [0.1, 0.15) is 5.82 Å². The summed E-state index contributed by atoms with van der Waals surface area (Å²) in [6.07, 6.45) is 1.73. The molecule has 0 bridgehead atoms. The van der Waals surface area contributed by atoms with E-state index in [1.54, 1.807) is 37.6 Å². The highest BCUT2D eigenvalue weighted by atomic mass is 19.1. The van der Waals surface area contributed by atoms with Crippen LogP contribution in [0.5, 0.6) is 11.5 Å². The summed E-state index contributed by atoms with van der Waals surface area (Å²) < 4.78 is 24.0. The van der Waals surface area contributed by atoms with E-state index in [0.717, 1.165) is 5.56 Å². The first-order chi connectivity index (χ1) is 14.4. The lowest BCUT2D eigenvalue weighted by Gasteiger charge is -2.30. The smallest absolute Gasteiger partial charge is 0.253 e. The first-order valence-corrected chi connectivity index (χ1v) is 9.68. The van der Waals surface area contributed by atoms with Crippen molar-refractivity contribution >= 4 is 17.5 Å². The maximum atomic E-state index is 13.4. The molecule has 2 amide bonds. The van der Waals surface area contributed by atoms with E-state index in [9.17, 15) is 14.0 Å². The predicted molar refractivity (Wildman–Crippen MR) is 112 cm³/mol. The average molecular weight is 412 g/mol. The normalized spacial score (nSPS) is 16.2. The molecule has 1 heterocycles. The van der Waals surface area contributed by atoms with Gasteiger partial charge in [-0.1, -0.05) is 12.1 Å². The van der Waals surface area contributed by atoms with Gasteiger partial charge < -0.3 is 19.7 Å². The van der Waals surface area contributed by atoms with Crippen molar-refractivity contribution in [3.8, 4) is 11.5 Å². The summed E-state index contributed by atoms with van der Waals surface area (Å²) in [6, 6.07) is 9.36. The lowest BCUT2D eigenvalue weighted by atomic mass is 9.85. The molecule has 2 aromatic carbocycles. The first kappa shape index (κ1) is 21.4. The Hall–Kier alpha value is -3.35. The monoisotopic (exact) mass is 412 g/mol. The second kappa shape index (κ2) is 8.98. The first-order valence-electron chi connectivity index (χ1n) is 9.68. The number of carbonyl (C=O) groups is 2. The van der Waals surface area contributed by atoms with Crippen molar-refractivity contribution in [2.45, 2.75) is 26.2 Å². The quantitative estimate of drug-likeness (QED) is 0.779. The number of aryl methyl sites for hydroxylation is 1. The number of halogens is 1. The fourth-order valence-corrected chi connectivity index (χ4v) is 3.52. The molecular weight excluding hydrogens is 387 g/mol. The summed E-state index contributed by atoms with van der Waals surface area (Å²) in [5.74, 6) is -0.169. The zero-order valence-corrected chi connectivity index (χ0v) is 17.5. The van der Waals surface area contributed by atoms with Gasteiger partial charge in [-0.3, -0.25) is 9.59 Å². The van der Waals surface area contributed by atoms with Crippen LogP contribution in [0, 0.1) is 12.7 Å². The Morgan fingerprint density at radius 2 is 1.80 bits per heavy atom. The van der Waals surface area contributed by atoms with Gasteiger partial charge in [0, 0.05) is 42.4 Å². The third-order valence-electron chi connectivity index (χ3n) is 5.22. The van der Waals surface area contributed by atoms with Crippen molar-refractivity contribution in [2.75, 3.05) is 26.1 Å². The summed E-state index contributed by atoms with van der Waals surface area (Å²) in [4.78, 5) is 27.2. The van der Waals surface area contributed by atoms with Crippen LogP contribution in [0.4, 0.5) is 10.1 Å². The Balaban J connectivity index is 1.96. The molecule has 1 atom stereocenters. The molecule has 1 aliphatic rings. The highest BCUT2D eigenvalue weighted by Gasteiger charge is 2.32. The van der Waals surface area contributed by atoms with Crippen LogP contribution in [0.25, 0.3) is 0 Å². The Morgan fingerprint density at radius 3 is 2.40 bits per heavy atom. The number of ether oxygens (including phenoxy) is 2. The fraction of sp³-hybridized carbons (Fsp3) is 0.304. The van der Waals surface area contributed by atoms with E-state index in [1.807, 2.05) is 13.8 Å². The third-order valence-corrected chi connectivity index (χ3v) is 5.22. The largest absolute Gasteiger partial charge is 0.493 e. The minimum Gasteiger partial charge on any atom is -0.493 e. The number of methoxy groups -OCH3 is 2. The Labute approximate surface area is 175 Å². The van der Waals surface area contributed by atoms with Crippen LogP contribution in [0.2, 0.25) is 0 Å². The molecule has 1 aliphatic heterocycles. The van der Waals surface area contributed by atoms with E-state index in [-0.39, 0.29) is 24.1 Å². The molecule has 0 spiro atoms. The molecule has 0 saturated carbocycles. The van der Waals surface area contributed by atoms with Crippen LogP contribution in [0.3, 0.4) is 0 Å². The zero-order valence-electron chi connectivity index (χ0n) is 17.5. The summed E-state index contributed by atoms with van der Waals surface area (Å²) >= 11 is 0. The number of nitrogens with zero attached hydrogens (tertiary/aromatic N) is 1. The number of carbonyl (C=O) groups excluding carboxylic acids is 2. The molecule has 158 valence electrons. The highest BCUT2D eigenvalue weighted by Crippen LogP contribution is 2.36. The van der Waals surface area contributed by atoms with Crippen molar-refractivity contribution in [3.63, 3.8) is 0 Å². The van der Waals surface area contributed by atoms with Crippen LogP contribution >= 0.6 is 0 Å². The van der Waals surface area contributed by atoms with Crippen LogP contribution in [-0.2, 0) is 9.59 Å². The molecule has 0 saturated heterocycles. The summed E-state index contributed by atoms with van der Waals surface area (Å²) in [7, 11) is 3.07. The molecule has 1 N–H and O–H groups in total. The van der Waals surface area contributed by atoms with E-state index in [2.05, 4.69) is 5.32 Å². The number of nitrogens with one attached hydrogen (secondary N) is 1. The van der Waals surface area contributed by atoms with Crippen molar-refractivity contribution in [1.29, 1.82) is 0 Å². The van der Waals surface area contributed by atoms with Gasteiger partial charge in [-0.15, -0.1) is 0 Å². The number of hydrogen-bond acceptors (Lipinski definition) is 4. The maximum absolute atomic E-state index is 13.4. The second-order valence-corrected chi connectivity index (χ2v) is 7.05. The molecule has 2 aromatic rings. The predicted octanol–water partition coefficient (Wildman–Crippen LogP) is 4.01. The molecule has 1 unspecified atom stereocenters. The van der Waals surface area contributed by atoms with Gasteiger partial charge in [0.25, 0.3) is 5.91 Å². The van der Waals surface area contributed by atoms with E-state index in [0.29, 0.717) is 34.9 Å². The summed E-state index contributed by atoms with van der Waals surface area (Å²) in [5, 5.41) is 2.92. The number of rotatable bonds is 6. The Kier molecular flexibility index (Phi) is 6.40. The molecule has 0 aliphatic carbocycles. The van der Waals surface area contributed by atoms with Crippen molar-refractivity contribution in [2.24, 2.45) is 0 Å². The lowest BCUT2D eigenvalue weighted by molar-refractivity contribution is -0.129. The van der Waals surface area contributed by atoms with E-state index in [4.69, 9.17) is 9.47 Å². The molecule has 0 fully saturated rings. The lowest BCUT2D eigenvalue weighted by Crippen LogP contribution is -2.35. The van der Waals surface area contributed by atoms with Crippen LogP contribution in [0.15, 0.2) is 48.2 Å². The summed E-state index contributed by atoms with van der Waals surface area (Å²) in [5.41, 5.74) is 2.54. The molecular formula is C23H25FN2O4. The number of amides is 2. The van der Waals surface area contributed by atoms with Crippen LogP contribution in [0.1, 0.15) is 30.4 Å². The fourth-order valence-electron chi connectivity index (χ4n) is 3.52. The van der Waals surface area contributed by atoms with E-state index < -0.39 is 5.92 Å². The topological polar surface area (TPSA) is 67.9 Å². The summed E-state index contributed by atoms with van der Waals surface area (Å²) in [6.45, 7) is 4.16. The zero-order chi connectivity index (χ0) is 21.8.